The predicted molar refractivity (Wildman–Crippen MR) is 316 cm³/mol. The Labute approximate surface area is 463 Å². The minimum Gasteiger partial charge on any atom is -0.657 e. The van der Waals surface area contributed by atoms with Crippen molar-refractivity contribution < 1.29 is 19.5 Å². The van der Waals surface area contributed by atoms with Crippen molar-refractivity contribution in [2.75, 3.05) is 0 Å². The molecule has 3 aromatic carbocycles. The maximum absolute atomic E-state index is 15.2. The van der Waals surface area contributed by atoms with Crippen molar-refractivity contribution in [3.63, 3.8) is 0 Å². The standard InChI is InChI=1S/C66H70N6O4.Zn/c1-14-15-16-17-18-19-28-71-59(73)46-36-48-49(37-47(46)60(71)74)62(76)72(61(48)75)58-54-26-24-52(69-54)56(38-29-40(63(2,3)4)33-41(30-38)64(5,6)7)50-22-20-44(67-50)35-45-21-23-51(68-45)57(53-25-27-55(58)70-53)39-31-42(65(8,9)10)34-43(32-39)66(11,12)13;/h20-27,29-37H,14-19,28H2,1-13H3;/q-2;+2. The van der Waals surface area contributed by atoms with Gasteiger partial charge in [0.05, 0.1) is 50.0 Å². The van der Waals surface area contributed by atoms with Gasteiger partial charge in [-0.05, 0) is 109 Å². The molecule has 77 heavy (non-hydrogen) atoms. The van der Waals surface area contributed by atoms with Gasteiger partial charge >= 0.3 is 19.5 Å². The summed E-state index contributed by atoms with van der Waals surface area (Å²) < 4.78 is 2.39. The van der Waals surface area contributed by atoms with E-state index in [-0.39, 0.29) is 74.9 Å². The Kier molecular flexibility index (Phi) is 14.4. The summed E-state index contributed by atoms with van der Waals surface area (Å²) in [5.74, 6) is 0. The van der Waals surface area contributed by atoms with Gasteiger partial charge in [-0.25, -0.2) is 14.5 Å². The van der Waals surface area contributed by atoms with E-state index in [1.54, 1.807) is 0 Å². The normalized spacial score (nSPS) is 13.1. The molecule has 0 saturated carbocycles. The van der Waals surface area contributed by atoms with Crippen molar-refractivity contribution in [3.8, 4) is 27.9 Å². The van der Waals surface area contributed by atoms with Crippen LogP contribution in [0.15, 0.2) is 98.0 Å². The van der Waals surface area contributed by atoms with Crippen LogP contribution in [0.25, 0.3) is 95.9 Å². The molecule has 0 radical (unpaired) electrons. The zero-order chi connectivity index (χ0) is 54.4. The van der Waals surface area contributed by atoms with Crippen LogP contribution in [0.4, 0.5) is 0 Å². The summed E-state index contributed by atoms with van der Waals surface area (Å²) >= 11 is 0. The molecular weight excluding hydrogens is 1010 g/mol. The summed E-state index contributed by atoms with van der Waals surface area (Å²) in [6, 6.07) is 26.1. The van der Waals surface area contributed by atoms with E-state index >= 15 is 9.59 Å². The number of unbranched alkanes of at least 4 members (excludes halogenated alkanes) is 5. The molecule has 11 heteroatoms. The average molecular weight is 1080 g/mol. The minimum atomic E-state index is -0.634. The van der Waals surface area contributed by atoms with E-state index < -0.39 is 22.2 Å². The Morgan fingerprint density at radius 1 is 0.442 bits per heavy atom. The van der Waals surface area contributed by atoms with E-state index in [2.05, 4.69) is 126 Å². The van der Waals surface area contributed by atoms with Gasteiger partial charge in [0.25, 0.3) is 22.2 Å². The Balaban J connectivity index is 0.00000722. The molecule has 0 unspecified atom stereocenters. The van der Waals surface area contributed by atoms with Crippen LogP contribution in [-0.2, 0) is 47.7 Å². The second-order valence-electron chi connectivity index (χ2n) is 25.2. The molecule has 0 fully saturated rings. The largest absolute Gasteiger partial charge is 2.00 e. The Bertz CT molecular complexity index is 3900. The van der Waals surface area contributed by atoms with Crippen LogP contribution in [0.2, 0.25) is 0 Å². The van der Waals surface area contributed by atoms with Crippen molar-refractivity contribution in [1.29, 1.82) is 0 Å². The Morgan fingerprint density at radius 3 is 1.39 bits per heavy atom. The first-order chi connectivity index (χ1) is 35.8. The number of fused-ring (bicyclic) bond motifs is 10. The molecule has 8 aromatic rings. The van der Waals surface area contributed by atoms with E-state index in [1.165, 1.54) is 16.7 Å². The molecule has 390 valence electrons. The van der Waals surface area contributed by atoms with Gasteiger partial charge in [0, 0.05) is 6.54 Å². The van der Waals surface area contributed by atoms with Gasteiger partial charge in [-0.15, -0.1) is 22.1 Å². The van der Waals surface area contributed by atoms with Gasteiger partial charge in [0.2, 0.25) is 0 Å². The first kappa shape index (κ1) is 54.9. The summed E-state index contributed by atoms with van der Waals surface area (Å²) in [5.41, 5.74) is 10.0. The van der Waals surface area contributed by atoms with E-state index in [0.717, 1.165) is 92.4 Å². The van der Waals surface area contributed by atoms with E-state index in [9.17, 15) is 9.59 Å². The first-order valence-electron chi connectivity index (χ1n) is 27.1. The van der Waals surface area contributed by atoms with Gasteiger partial charge in [-0.3, -0.25) is 23.7 Å². The molecule has 5 aromatic heterocycles. The summed E-state index contributed by atoms with van der Waals surface area (Å²) in [6.07, 6.45) is 13.8. The van der Waals surface area contributed by atoms with Gasteiger partial charge in [0.1, 0.15) is 0 Å². The number of benzene rings is 3. The summed E-state index contributed by atoms with van der Waals surface area (Å²) in [6.45, 7) is 29.0. The van der Waals surface area contributed by atoms with Crippen molar-refractivity contribution in [1.82, 2.24) is 29.1 Å². The smallest absolute Gasteiger partial charge is 0.657 e. The van der Waals surface area contributed by atoms with Crippen LogP contribution in [0, 0.1) is 0 Å². The van der Waals surface area contributed by atoms with Gasteiger partial charge in [0.15, 0.2) is 0 Å². The topological polar surface area (TPSA) is 132 Å². The van der Waals surface area contributed by atoms with Gasteiger partial charge < -0.3 is 9.97 Å². The SMILES string of the molecule is CCCCCCCCn1c(=O)c2cc3c(=O)n(-c4c5nc(c(-c6cc(C(C)(C)C)cc(C(C)(C)C)c6)c6ccc(cc7nc(c(-c8cc(C(C)(C)C)cc(C(C)(C)C)c8)c8ccc4[n-]8)C=C7)[n-]6)C=C5)c(=O)c3cc2c1=O.[Zn+2]. The second kappa shape index (κ2) is 20.2. The molecule has 0 atom stereocenters. The third-order valence-corrected chi connectivity index (χ3v) is 15.3. The fourth-order valence-electron chi connectivity index (χ4n) is 10.6. The maximum Gasteiger partial charge on any atom is 2.00 e. The molecule has 0 saturated heterocycles. The quantitative estimate of drug-likeness (QED) is 0.0977. The molecule has 2 aliphatic heterocycles. The number of hydrogen-bond donors (Lipinski definition) is 0. The summed E-state index contributed by atoms with van der Waals surface area (Å²) in [7, 11) is 0. The minimum absolute atomic E-state index is 0. The number of aromatic nitrogens is 6. The van der Waals surface area contributed by atoms with Crippen LogP contribution in [0.3, 0.4) is 0 Å². The maximum atomic E-state index is 15.2. The van der Waals surface area contributed by atoms with E-state index in [1.807, 2.05) is 54.6 Å². The fourth-order valence-corrected chi connectivity index (χ4v) is 10.6. The van der Waals surface area contributed by atoms with Crippen molar-refractivity contribution in [3.05, 3.63) is 165 Å². The van der Waals surface area contributed by atoms with Crippen LogP contribution in [0.5, 0.6) is 0 Å². The predicted octanol–water partition coefficient (Wildman–Crippen LogP) is 14.0. The number of nitrogens with zero attached hydrogens (tertiary/aromatic N) is 6. The van der Waals surface area contributed by atoms with E-state index in [4.69, 9.17) is 19.9 Å². The molecule has 0 aliphatic carbocycles. The van der Waals surface area contributed by atoms with E-state index in [0.29, 0.717) is 40.1 Å². The van der Waals surface area contributed by atoms with Crippen molar-refractivity contribution in [2.45, 2.75) is 157 Å². The number of rotatable bonds is 10. The molecule has 0 amide bonds. The fraction of sp³-hybridized carbons (Fsp3) is 0.364. The average Bonchev–Trinajstić information content (AvgIpc) is 4.24. The third-order valence-electron chi connectivity index (χ3n) is 15.3. The van der Waals surface area contributed by atoms with Crippen molar-refractivity contribution >= 4 is 67.9 Å². The molecule has 10 rings (SSSR count). The Morgan fingerprint density at radius 2 is 0.870 bits per heavy atom. The van der Waals surface area contributed by atoms with Gasteiger partial charge in [-0.1, -0.05) is 189 Å². The second-order valence-corrected chi connectivity index (χ2v) is 25.2. The molecule has 0 spiro atoms. The number of hydrogen-bond acceptors (Lipinski definition) is 6. The summed E-state index contributed by atoms with van der Waals surface area (Å²) in [4.78, 5) is 79.6. The first-order valence-corrected chi connectivity index (χ1v) is 27.1. The van der Waals surface area contributed by atoms with Crippen molar-refractivity contribution in [2.24, 2.45) is 0 Å². The monoisotopic (exact) mass is 1070 g/mol. The zero-order valence-corrected chi connectivity index (χ0v) is 50.3. The molecular formula is C66H70N6O4Zn. The zero-order valence-electron chi connectivity index (χ0n) is 47.3. The molecule has 8 bridgehead atoms. The van der Waals surface area contributed by atoms with Gasteiger partial charge in [-0.2, -0.15) is 0 Å². The molecule has 2 aliphatic rings. The summed E-state index contributed by atoms with van der Waals surface area (Å²) in [5, 5.41) is 0.344. The molecule has 7 heterocycles. The molecule has 0 N–H and O–H groups in total. The van der Waals surface area contributed by atoms with Crippen LogP contribution in [-0.4, -0.2) is 19.1 Å². The Hall–Kier alpha value is -6.84. The van der Waals surface area contributed by atoms with Crippen LogP contribution >= 0.6 is 0 Å². The third kappa shape index (κ3) is 10.4. The molecule has 10 nitrogen and oxygen atoms in total. The van der Waals surface area contributed by atoms with Crippen LogP contribution < -0.4 is 32.2 Å². The van der Waals surface area contributed by atoms with Crippen LogP contribution in [0.1, 0.15) is 174 Å².